The van der Waals surface area contributed by atoms with Gasteiger partial charge in [0.15, 0.2) is 0 Å². The minimum absolute atomic E-state index is 0.0306. The molecule has 170 valence electrons. The highest BCUT2D eigenvalue weighted by Crippen LogP contribution is 2.25. The van der Waals surface area contributed by atoms with Gasteiger partial charge in [-0.25, -0.2) is 0 Å². The molecule has 2 aromatic rings. The molecule has 0 aromatic carbocycles. The molecule has 1 aliphatic carbocycles. The lowest BCUT2D eigenvalue weighted by Gasteiger charge is -2.34. The lowest BCUT2D eigenvalue weighted by Crippen LogP contribution is -2.46. The van der Waals surface area contributed by atoms with Crippen molar-refractivity contribution < 1.29 is 14.3 Å². The molecule has 0 N–H and O–H groups in total. The molecule has 0 unspecified atom stereocenters. The highest BCUT2D eigenvalue weighted by Gasteiger charge is 2.34. The number of rotatable bonds is 7. The van der Waals surface area contributed by atoms with Crippen LogP contribution in [0.15, 0.2) is 53.8 Å². The second kappa shape index (κ2) is 11.4. The van der Waals surface area contributed by atoms with Crippen LogP contribution in [0.25, 0.3) is 0 Å². The van der Waals surface area contributed by atoms with Crippen LogP contribution in [0.5, 0.6) is 0 Å². The summed E-state index contributed by atoms with van der Waals surface area (Å²) in [6.45, 7) is 1.43. The van der Waals surface area contributed by atoms with E-state index in [1.807, 2.05) is 35.2 Å². The normalized spacial score (nSPS) is 20.2. The lowest BCUT2D eigenvalue weighted by molar-refractivity contribution is -0.139. The van der Waals surface area contributed by atoms with Gasteiger partial charge in [-0.3, -0.25) is 19.6 Å². The van der Waals surface area contributed by atoms with Gasteiger partial charge in [-0.05, 0) is 37.1 Å². The van der Waals surface area contributed by atoms with Crippen LogP contribution < -0.4 is 0 Å². The third kappa shape index (κ3) is 6.29. The summed E-state index contributed by atoms with van der Waals surface area (Å²) in [6, 6.07) is 9.75. The molecule has 8 heteroatoms. The number of amides is 2. The monoisotopic (exact) mass is 454 g/mol. The van der Waals surface area contributed by atoms with Gasteiger partial charge in [-0.1, -0.05) is 25.3 Å². The third-order valence-electron chi connectivity index (χ3n) is 6.04. The largest absolute Gasteiger partial charge is 0.368 e. The molecule has 32 heavy (non-hydrogen) atoms. The number of hydrogen-bond donors (Lipinski definition) is 0. The van der Waals surface area contributed by atoms with Crippen molar-refractivity contribution in [2.24, 2.45) is 0 Å². The minimum atomic E-state index is -0.236. The Balaban J connectivity index is 1.44. The zero-order valence-electron chi connectivity index (χ0n) is 18.3. The Hall–Kier alpha value is -2.45. The quantitative estimate of drug-likeness (QED) is 0.599. The maximum Gasteiger partial charge on any atom is 0.242 e. The van der Waals surface area contributed by atoms with E-state index in [9.17, 15) is 9.59 Å². The molecule has 1 atom stereocenters. The summed E-state index contributed by atoms with van der Waals surface area (Å²) in [6.07, 6.45) is 10.5. The second-order valence-electron chi connectivity index (χ2n) is 8.34. The molecule has 0 radical (unpaired) electrons. The zero-order chi connectivity index (χ0) is 22.2. The van der Waals surface area contributed by atoms with Crippen molar-refractivity contribution in [2.45, 2.75) is 55.8 Å². The summed E-state index contributed by atoms with van der Waals surface area (Å²) in [5.41, 5.74) is 0.846. The summed E-state index contributed by atoms with van der Waals surface area (Å²) in [5, 5.41) is 0. The van der Waals surface area contributed by atoms with E-state index >= 15 is 0 Å². The van der Waals surface area contributed by atoms with Crippen LogP contribution in [0.4, 0.5) is 0 Å². The number of pyridine rings is 2. The fourth-order valence-electron chi connectivity index (χ4n) is 4.34. The van der Waals surface area contributed by atoms with Crippen LogP contribution in [0, 0.1) is 0 Å². The number of carbonyl (C=O) groups is 2. The van der Waals surface area contributed by atoms with Crippen LogP contribution in [-0.4, -0.2) is 69.1 Å². The maximum atomic E-state index is 13.2. The topological polar surface area (TPSA) is 75.6 Å². The second-order valence-corrected chi connectivity index (χ2v) is 9.39. The van der Waals surface area contributed by atoms with Crippen molar-refractivity contribution in [3.63, 3.8) is 0 Å². The Kier molecular flexibility index (Phi) is 8.12. The molecular weight excluding hydrogens is 424 g/mol. The Morgan fingerprint density at radius 3 is 2.62 bits per heavy atom. The molecule has 2 amide bonds. The lowest BCUT2D eigenvalue weighted by atomic mass is 9.94. The van der Waals surface area contributed by atoms with Gasteiger partial charge in [0, 0.05) is 42.6 Å². The van der Waals surface area contributed by atoms with Crippen LogP contribution in [0.2, 0.25) is 0 Å². The minimum Gasteiger partial charge on any atom is -0.368 e. The molecule has 4 rings (SSSR count). The average Bonchev–Trinajstić information content (AvgIpc) is 3.02. The van der Waals surface area contributed by atoms with Gasteiger partial charge in [-0.15, -0.1) is 11.8 Å². The molecule has 0 bridgehead atoms. The number of ether oxygens (including phenoxy) is 1. The number of hydrogen-bond acceptors (Lipinski definition) is 6. The first-order chi connectivity index (χ1) is 15.7. The van der Waals surface area contributed by atoms with Crippen molar-refractivity contribution in [1.82, 2.24) is 19.8 Å². The number of thioether (sulfide) groups is 1. The zero-order valence-corrected chi connectivity index (χ0v) is 19.1. The SMILES string of the molecule is O=C(CSc1ccncc1)N1CC(=O)N(C2CCCCC2)C[C@H](OCc2ccccn2)C1. The van der Waals surface area contributed by atoms with Gasteiger partial charge in [-0.2, -0.15) is 0 Å². The van der Waals surface area contributed by atoms with Crippen LogP contribution in [0.1, 0.15) is 37.8 Å². The first-order valence-corrected chi connectivity index (χ1v) is 12.3. The smallest absolute Gasteiger partial charge is 0.242 e. The van der Waals surface area contributed by atoms with Gasteiger partial charge in [0.1, 0.15) is 0 Å². The maximum absolute atomic E-state index is 13.2. The van der Waals surface area contributed by atoms with E-state index in [1.54, 1.807) is 23.5 Å². The van der Waals surface area contributed by atoms with E-state index in [4.69, 9.17) is 4.74 Å². The molecule has 2 fully saturated rings. The Morgan fingerprint density at radius 2 is 1.88 bits per heavy atom. The first kappa shape index (κ1) is 22.7. The van der Waals surface area contributed by atoms with Gasteiger partial charge in [0.05, 0.1) is 30.7 Å². The summed E-state index contributed by atoms with van der Waals surface area (Å²) in [4.78, 5) is 39.2. The van der Waals surface area contributed by atoms with E-state index in [-0.39, 0.29) is 36.3 Å². The highest BCUT2D eigenvalue weighted by atomic mass is 32.2. The predicted octanol–water partition coefficient (Wildman–Crippen LogP) is 3.16. The molecule has 3 heterocycles. The van der Waals surface area contributed by atoms with Crippen LogP contribution in [-0.2, 0) is 20.9 Å². The van der Waals surface area contributed by atoms with Crippen LogP contribution in [0.3, 0.4) is 0 Å². The molecule has 1 saturated carbocycles. The summed E-state index contributed by atoms with van der Waals surface area (Å²) < 4.78 is 6.20. The predicted molar refractivity (Wildman–Crippen MR) is 123 cm³/mol. The van der Waals surface area contributed by atoms with Gasteiger partial charge >= 0.3 is 0 Å². The summed E-state index contributed by atoms with van der Waals surface area (Å²) >= 11 is 1.46. The Bertz CT molecular complexity index is 877. The van der Waals surface area contributed by atoms with Crippen molar-refractivity contribution >= 4 is 23.6 Å². The molecule has 0 spiro atoms. The fraction of sp³-hybridized carbons (Fsp3) is 0.500. The molecule has 1 aliphatic heterocycles. The van der Waals surface area contributed by atoms with Crippen molar-refractivity contribution in [1.29, 1.82) is 0 Å². The average molecular weight is 455 g/mol. The highest BCUT2D eigenvalue weighted by molar-refractivity contribution is 8.00. The van der Waals surface area contributed by atoms with Gasteiger partial charge < -0.3 is 14.5 Å². The number of aromatic nitrogens is 2. The number of carbonyl (C=O) groups excluding carboxylic acids is 2. The van der Waals surface area contributed by atoms with Gasteiger partial charge in [0.25, 0.3) is 0 Å². The molecule has 2 aromatic heterocycles. The summed E-state index contributed by atoms with van der Waals surface area (Å²) in [5.74, 6) is 0.272. The Morgan fingerprint density at radius 1 is 1.06 bits per heavy atom. The number of nitrogens with zero attached hydrogens (tertiary/aromatic N) is 4. The standard InChI is InChI=1S/C24H30N4O3S/c29-23-16-27(24(30)18-32-22-9-12-25-13-10-22)14-21(31-17-19-6-4-5-11-26-19)15-28(23)20-7-2-1-3-8-20/h4-6,9-13,20-21H,1-3,7-8,14-18H2/t21-/m1/s1. The molecule has 7 nitrogen and oxygen atoms in total. The van der Waals surface area contributed by atoms with Crippen molar-refractivity contribution in [3.8, 4) is 0 Å². The van der Waals surface area contributed by atoms with E-state index in [0.29, 0.717) is 19.7 Å². The van der Waals surface area contributed by atoms with E-state index in [2.05, 4.69) is 9.97 Å². The first-order valence-electron chi connectivity index (χ1n) is 11.3. The van der Waals surface area contributed by atoms with Crippen molar-refractivity contribution in [2.75, 3.05) is 25.4 Å². The molecule has 1 saturated heterocycles. The molecule has 2 aliphatic rings. The van der Waals surface area contributed by atoms with Gasteiger partial charge in [0.2, 0.25) is 11.8 Å². The van der Waals surface area contributed by atoms with E-state index in [1.165, 1.54) is 18.2 Å². The van der Waals surface area contributed by atoms with E-state index < -0.39 is 0 Å². The van der Waals surface area contributed by atoms with Crippen LogP contribution >= 0.6 is 11.8 Å². The fourth-order valence-corrected chi connectivity index (χ4v) is 5.13. The van der Waals surface area contributed by atoms with Crippen molar-refractivity contribution in [3.05, 3.63) is 54.6 Å². The summed E-state index contributed by atoms with van der Waals surface area (Å²) in [7, 11) is 0. The van der Waals surface area contributed by atoms with E-state index in [0.717, 1.165) is 36.3 Å². The molecular formula is C24H30N4O3S. The Labute approximate surface area is 193 Å². The third-order valence-corrected chi connectivity index (χ3v) is 7.04.